The molecule has 0 N–H and O–H groups in total. The second kappa shape index (κ2) is 5.91. The van der Waals surface area contributed by atoms with Gasteiger partial charge in [0, 0.05) is 44.5 Å². The smallest absolute Gasteiger partial charge is 0.146 e. The lowest BCUT2D eigenvalue weighted by Crippen LogP contribution is -2.29. The Bertz CT molecular complexity index is 759. The molecule has 2 aromatic rings. The molecule has 2 aliphatic rings. The van der Waals surface area contributed by atoms with Crippen molar-refractivity contribution in [3.05, 3.63) is 40.9 Å². The number of aryl methyl sites for hydroxylation is 2. The quantitative estimate of drug-likeness (QED) is 0.862. The third-order valence-corrected chi connectivity index (χ3v) is 5.33. The van der Waals surface area contributed by atoms with E-state index in [0.717, 1.165) is 50.0 Å². The maximum absolute atomic E-state index is 9.28. The zero-order valence-corrected chi connectivity index (χ0v) is 14.1. The van der Waals surface area contributed by atoms with Crippen LogP contribution in [0.4, 0.5) is 5.82 Å². The molecule has 2 unspecified atom stereocenters. The largest absolute Gasteiger partial charge is 0.361 e. The first-order chi connectivity index (χ1) is 11.7. The molecule has 4 heterocycles. The highest BCUT2D eigenvalue weighted by Crippen LogP contribution is 2.35. The molecule has 2 aliphatic heterocycles. The average Bonchev–Trinajstić information content (AvgIpc) is 3.23. The summed E-state index contributed by atoms with van der Waals surface area (Å²) in [4.78, 5) is 9.21. The van der Waals surface area contributed by atoms with E-state index in [4.69, 9.17) is 4.52 Å². The number of nitrogens with zero attached hydrogens (tertiary/aromatic N) is 5. The molecular weight excluding hydrogens is 302 g/mol. The van der Waals surface area contributed by atoms with Gasteiger partial charge in [-0.2, -0.15) is 5.26 Å². The van der Waals surface area contributed by atoms with Gasteiger partial charge in [-0.1, -0.05) is 5.16 Å². The number of likely N-dealkylation sites (tertiary alicyclic amines) is 1. The molecule has 6 heteroatoms. The van der Waals surface area contributed by atoms with Gasteiger partial charge in [-0.15, -0.1) is 0 Å². The monoisotopic (exact) mass is 323 g/mol. The first-order valence-corrected chi connectivity index (χ1v) is 8.40. The molecule has 0 saturated carbocycles. The van der Waals surface area contributed by atoms with Gasteiger partial charge in [-0.25, -0.2) is 4.98 Å². The molecule has 0 spiro atoms. The van der Waals surface area contributed by atoms with Crippen LogP contribution < -0.4 is 4.90 Å². The van der Waals surface area contributed by atoms with Crippen molar-refractivity contribution in [2.75, 3.05) is 31.1 Å². The van der Waals surface area contributed by atoms with E-state index < -0.39 is 0 Å². The minimum atomic E-state index is 0.638. The van der Waals surface area contributed by atoms with Crippen LogP contribution in [0, 0.1) is 37.0 Å². The van der Waals surface area contributed by atoms with Crippen LogP contribution in [0.2, 0.25) is 0 Å². The first kappa shape index (κ1) is 15.2. The Morgan fingerprint density at radius 3 is 2.62 bits per heavy atom. The number of rotatable bonds is 3. The Balaban J connectivity index is 1.43. The van der Waals surface area contributed by atoms with E-state index >= 15 is 0 Å². The van der Waals surface area contributed by atoms with Crippen LogP contribution in [0.1, 0.15) is 22.6 Å². The maximum atomic E-state index is 9.28. The van der Waals surface area contributed by atoms with E-state index in [0.29, 0.717) is 17.4 Å². The van der Waals surface area contributed by atoms with E-state index in [1.807, 2.05) is 26.0 Å². The lowest BCUT2D eigenvalue weighted by Gasteiger charge is -2.22. The fourth-order valence-electron chi connectivity index (χ4n) is 4.08. The van der Waals surface area contributed by atoms with Crippen LogP contribution in [0.25, 0.3) is 0 Å². The molecule has 2 atom stereocenters. The number of fused-ring (bicyclic) bond motifs is 1. The third-order valence-electron chi connectivity index (χ3n) is 5.33. The van der Waals surface area contributed by atoms with Gasteiger partial charge < -0.3 is 9.42 Å². The summed E-state index contributed by atoms with van der Waals surface area (Å²) in [7, 11) is 0. The standard InChI is InChI=1S/C18H21N5O/c1-12-17(13(2)24-21-12)11-22-7-15-9-23(10-16(15)8-22)18-14(6-19)4-3-5-20-18/h3-5,15-16H,7-11H2,1-2H3. The number of anilines is 1. The highest BCUT2D eigenvalue weighted by Gasteiger charge is 2.41. The summed E-state index contributed by atoms with van der Waals surface area (Å²) in [5.41, 5.74) is 2.90. The summed E-state index contributed by atoms with van der Waals surface area (Å²) in [6.07, 6.45) is 1.77. The summed E-state index contributed by atoms with van der Waals surface area (Å²) < 4.78 is 5.28. The highest BCUT2D eigenvalue weighted by atomic mass is 16.5. The van der Waals surface area contributed by atoms with Gasteiger partial charge in [-0.05, 0) is 37.8 Å². The van der Waals surface area contributed by atoms with Crippen LogP contribution in [-0.2, 0) is 6.54 Å². The number of hydrogen-bond acceptors (Lipinski definition) is 6. The van der Waals surface area contributed by atoms with Crippen LogP contribution in [0.3, 0.4) is 0 Å². The van der Waals surface area contributed by atoms with Crippen molar-refractivity contribution in [2.24, 2.45) is 11.8 Å². The zero-order chi connectivity index (χ0) is 16.7. The minimum Gasteiger partial charge on any atom is -0.361 e. The van der Waals surface area contributed by atoms with Crippen molar-refractivity contribution in [3.63, 3.8) is 0 Å². The van der Waals surface area contributed by atoms with E-state index in [2.05, 4.69) is 26.0 Å². The van der Waals surface area contributed by atoms with Gasteiger partial charge in [0.05, 0.1) is 11.3 Å². The second-order valence-electron chi connectivity index (χ2n) is 6.91. The van der Waals surface area contributed by atoms with Crippen molar-refractivity contribution < 1.29 is 4.52 Å². The number of aromatic nitrogens is 2. The molecule has 6 nitrogen and oxygen atoms in total. The first-order valence-electron chi connectivity index (χ1n) is 8.40. The highest BCUT2D eigenvalue weighted by molar-refractivity contribution is 5.54. The van der Waals surface area contributed by atoms with Crippen LogP contribution in [0.5, 0.6) is 0 Å². The molecule has 0 amide bonds. The summed E-state index contributed by atoms with van der Waals surface area (Å²) in [6, 6.07) is 5.93. The molecule has 0 bridgehead atoms. The molecule has 0 radical (unpaired) electrons. The molecule has 124 valence electrons. The van der Waals surface area contributed by atoms with Crippen molar-refractivity contribution in [3.8, 4) is 6.07 Å². The lowest BCUT2D eigenvalue weighted by molar-refractivity contribution is 0.305. The van der Waals surface area contributed by atoms with Crippen LogP contribution in [-0.4, -0.2) is 41.2 Å². The number of pyridine rings is 1. The van der Waals surface area contributed by atoms with E-state index in [-0.39, 0.29) is 0 Å². The molecule has 0 aromatic carbocycles. The van der Waals surface area contributed by atoms with Gasteiger partial charge in [0.25, 0.3) is 0 Å². The van der Waals surface area contributed by atoms with Crippen molar-refractivity contribution in [1.29, 1.82) is 5.26 Å². The second-order valence-corrected chi connectivity index (χ2v) is 6.91. The zero-order valence-electron chi connectivity index (χ0n) is 14.1. The van der Waals surface area contributed by atoms with E-state index in [9.17, 15) is 5.26 Å². The van der Waals surface area contributed by atoms with Gasteiger partial charge in [0.15, 0.2) is 0 Å². The van der Waals surface area contributed by atoms with Crippen LogP contribution >= 0.6 is 0 Å². The summed E-state index contributed by atoms with van der Waals surface area (Å²) in [5, 5.41) is 13.3. The minimum absolute atomic E-state index is 0.638. The Hall–Kier alpha value is -2.39. The Morgan fingerprint density at radius 2 is 2.00 bits per heavy atom. The number of nitriles is 1. The third kappa shape index (κ3) is 2.55. The molecule has 2 aromatic heterocycles. The Morgan fingerprint density at radius 1 is 1.25 bits per heavy atom. The van der Waals surface area contributed by atoms with Gasteiger partial charge in [0.1, 0.15) is 17.6 Å². The van der Waals surface area contributed by atoms with Gasteiger partial charge in [0.2, 0.25) is 0 Å². The normalized spacial score (nSPS) is 23.5. The van der Waals surface area contributed by atoms with Crippen molar-refractivity contribution in [2.45, 2.75) is 20.4 Å². The molecule has 24 heavy (non-hydrogen) atoms. The topological polar surface area (TPSA) is 69.2 Å². The van der Waals surface area contributed by atoms with Gasteiger partial charge >= 0.3 is 0 Å². The summed E-state index contributed by atoms with van der Waals surface area (Å²) in [6.45, 7) is 9.04. The SMILES string of the molecule is Cc1noc(C)c1CN1CC2CN(c3ncccc3C#N)CC2C1. The molecule has 2 fully saturated rings. The van der Waals surface area contributed by atoms with Crippen molar-refractivity contribution >= 4 is 5.82 Å². The van der Waals surface area contributed by atoms with E-state index in [1.165, 1.54) is 5.56 Å². The van der Waals surface area contributed by atoms with Crippen molar-refractivity contribution in [1.82, 2.24) is 15.0 Å². The Labute approximate surface area is 141 Å². The molecular formula is C18H21N5O. The van der Waals surface area contributed by atoms with E-state index in [1.54, 1.807) is 6.20 Å². The van der Waals surface area contributed by atoms with Gasteiger partial charge in [-0.3, -0.25) is 4.90 Å². The number of hydrogen-bond donors (Lipinski definition) is 0. The fraction of sp³-hybridized carbons (Fsp3) is 0.500. The predicted octanol–water partition coefficient (Wildman–Crippen LogP) is 2.13. The fourth-order valence-corrected chi connectivity index (χ4v) is 4.08. The predicted molar refractivity (Wildman–Crippen MR) is 89.4 cm³/mol. The Kier molecular flexibility index (Phi) is 3.73. The average molecular weight is 323 g/mol. The maximum Gasteiger partial charge on any atom is 0.146 e. The van der Waals surface area contributed by atoms with Crippen LogP contribution in [0.15, 0.2) is 22.9 Å². The summed E-state index contributed by atoms with van der Waals surface area (Å²) >= 11 is 0. The lowest BCUT2D eigenvalue weighted by atomic mass is 10.0. The molecule has 4 rings (SSSR count). The molecule has 0 aliphatic carbocycles. The summed E-state index contributed by atoms with van der Waals surface area (Å²) in [5.74, 6) is 3.04. The molecule has 2 saturated heterocycles.